The molecule has 2 aliphatic rings. The minimum Gasteiger partial charge on any atom is -0.415 e. The number of benzene rings is 1. The molecule has 0 bridgehead atoms. The maximum absolute atomic E-state index is 12.4. The molecular weight excluding hydrogens is 418 g/mol. The van der Waals surface area contributed by atoms with Crippen molar-refractivity contribution in [2.45, 2.75) is 45.2 Å². The zero-order valence-electron chi connectivity index (χ0n) is 19.3. The second-order valence-electron chi connectivity index (χ2n) is 8.85. The summed E-state index contributed by atoms with van der Waals surface area (Å²) in [5, 5.41) is 11.6. The number of anilines is 1. The number of aromatic nitrogens is 4. The lowest BCUT2D eigenvalue weighted by Gasteiger charge is -2.42. The lowest BCUT2D eigenvalue weighted by Crippen LogP contribution is -2.57. The van der Waals surface area contributed by atoms with Gasteiger partial charge < -0.3 is 19.5 Å². The normalized spacial score (nSPS) is 16.9. The van der Waals surface area contributed by atoms with Gasteiger partial charge in [-0.25, -0.2) is 4.98 Å². The van der Waals surface area contributed by atoms with Crippen molar-refractivity contribution in [3.05, 3.63) is 41.7 Å². The minimum atomic E-state index is -0.0464. The average molecular weight is 448 g/mol. The summed E-state index contributed by atoms with van der Waals surface area (Å²) < 4.78 is 5.98. The molecule has 9 heteroatoms. The number of hydrogen-bond donors (Lipinski definition) is 1. The molecule has 33 heavy (non-hydrogen) atoms. The topological polar surface area (TPSA) is 100 Å². The Morgan fingerprint density at radius 1 is 1.15 bits per heavy atom. The largest absolute Gasteiger partial charge is 0.415 e. The van der Waals surface area contributed by atoms with Crippen LogP contribution in [0.1, 0.15) is 37.4 Å². The van der Waals surface area contributed by atoms with Crippen LogP contribution in [-0.4, -0.2) is 63.2 Å². The van der Waals surface area contributed by atoms with Crippen molar-refractivity contribution in [1.82, 2.24) is 30.4 Å². The van der Waals surface area contributed by atoms with E-state index in [0.29, 0.717) is 30.4 Å². The van der Waals surface area contributed by atoms with Crippen LogP contribution < -0.4 is 10.2 Å². The second-order valence-corrected chi connectivity index (χ2v) is 8.85. The number of nitrogens with one attached hydrogen (secondary N) is 1. The first-order chi connectivity index (χ1) is 16.0. The van der Waals surface area contributed by atoms with E-state index in [1.807, 2.05) is 45.2 Å². The SMILES string of the molecule is CCC(=O)N1CCN(c2cnc(C)c(-c3nnc(-c4ccc(CNC)cc4)o3)n2)CC12CC2. The number of piperazine rings is 1. The fraction of sp³-hybridized carbons (Fsp3) is 0.458. The fourth-order valence-electron chi connectivity index (χ4n) is 4.53. The predicted octanol–water partition coefficient (Wildman–Crippen LogP) is 2.81. The number of carbonyl (C=O) groups is 1. The van der Waals surface area contributed by atoms with Gasteiger partial charge in [-0.15, -0.1) is 10.2 Å². The molecule has 9 nitrogen and oxygen atoms in total. The standard InChI is InChI=1S/C24H29N7O2/c1-4-20(32)31-12-11-30(15-24(31)9-10-24)19-14-26-16(2)21(27-19)23-29-28-22(33-23)18-7-5-17(6-8-18)13-25-3/h5-8,14,25H,4,9-13,15H2,1-3H3. The Kier molecular flexibility index (Phi) is 5.57. The summed E-state index contributed by atoms with van der Waals surface area (Å²) in [4.78, 5) is 26.1. The lowest BCUT2D eigenvalue weighted by molar-refractivity contribution is -0.134. The molecule has 0 unspecified atom stereocenters. The van der Waals surface area contributed by atoms with Gasteiger partial charge in [0.25, 0.3) is 5.89 Å². The molecule has 1 aliphatic heterocycles. The molecule has 1 amide bonds. The second kappa shape index (κ2) is 8.55. The summed E-state index contributed by atoms with van der Waals surface area (Å²) in [7, 11) is 1.92. The highest BCUT2D eigenvalue weighted by atomic mass is 16.4. The molecule has 3 aromatic rings. The molecule has 1 N–H and O–H groups in total. The van der Waals surface area contributed by atoms with Gasteiger partial charge in [-0.2, -0.15) is 0 Å². The molecule has 5 rings (SSSR count). The monoisotopic (exact) mass is 447 g/mol. The van der Waals surface area contributed by atoms with Gasteiger partial charge in [0.05, 0.1) is 17.4 Å². The van der Waals surface area contributed by atoms with Gasteiger partial charge >= 0.3 is 0 Å². The maximum Gasteiger partial charge on any atom is 0.268 e. The molecule has 3 heterocycles. The maximum atomic E-state index is 12.4. The zero-order valence-corrected chi connectivity index (χ0v) is 19.3. The van der Waals surface area contributed by atoms with Crippen LogP contribution >= 0.6 is 0 Å². The number of carbonyl (C=O) groups excluding carboxylic acids is 1. The summed E-state index contributed by atoms with van der Waals surface area (Å²) in [6.07, 6.45) is 4.43. The number of aryl methyl sites for hydroxylation is 1. The predicted molar refractivity (Wildman–Crippen MR) is 124 cm³/mol. The lowest BCUT2D eigenvalue weighted by atomic mass is 10.1. The highest BCUT2D eigenvalue weighted by molar-refractivity contribution is 5.78. The highest BCUT2D eigenvalue weighted by Gasteiger charge is 2.53. The first kappa shape index (κ1) is 21.5. The Morgan fingerprint density at radius 2 is 1.91 bits per heavy atom. The van der Waals surface area contributed by atoms with E-state index in [0.717, 1.165) is 49.6 Å². The van der Waals surface area contributed by atoms with E-state index in [1.165, 1.54) is 5.56 Å². The van der Waals surface area contributed by atoms with Crippen molar-refractivity contribution < 1.29 is 9.21 Å². The van der Waals surface area contributed by atoms with Gasteiger partial charge in [-0.1, -0.05) is 19.1 Å². The van der Waals surface area contributed by atoms with Crippen LogP contribution in [-0.2, 0) is 11.3 Å². The summed E-state index contributed by atoms with van der Waals surface area (Å²) in [5.74, 6) is 1.83. The molecule has 1 saturated carbocycles. The van der Waals surface area contributed by atoms with Gasteiger partial charge in [0.15, 0.2) is 5.69 Å². The summed E-state index contributed by atoms with van der Waals surface area (Å²) in [6.45, 7) is 6.86. The van der Waals surface area contributed by atoms with Gasteiger partial charge in [-0.3, -0.25) is 9.78 Å². The van der Waals surface area contributed by atoms with Gasteiger partial charge in [-0.05, 0) is 44.5 Å². The Balaban J connectivity index is 1.37. The van der Waals surface area contributed by atoms with Crippen molar-refractivity contribution in [2.75, 3.05) is 31.6 Å². The molecular formula is C24H29N7O2. The Bertz CT molecular complexity index is 1150. The van der Waals surface area contributed by atoms with Crippen LogP contribution in [0.2, 0.25) is 0 Å². The van der Waals surface area contributed by atoms with Crippen molar-refractivity contribution in [1.29, 1.82) is 0 Å². The first-order valence-electron chi connectivity index (χ1n) is 11.5. The third kappa shape index (κ3) is 4.08. The van der Waals surface area contributed by atoms with Crippen molar-refractivity contribution in [3.8, 4) is 23.0 Å². The van der Waals surface area contributed by atoms with Crippen LogP contribution in [0.25, 0.3) is 23.0 Å². The number of nitrogens with zero attached hydrogens (tertiary/aromatic N) is 6. The quantitative estimate of drug-likeness (QED) is 0.616. The van der Waals surface area contributed by atoms with Crippen molar-refractivity contribution in [2.24, 2.45) is 0 Å². The van der Waals surface area contributed by atoms with E-state index < -0.39 is 0 Å². The minimum absolute atomic E-state index is 0.0464. The van der Waals surface area contributed by atoms with E-state index in [2.05, 4.69) is 30.3 Å². The van der Waals surface area contributed by atoms with Crippen molar-refractivity contribution >= 4 is 11.7 Å². The van der Waals surface area contributed by atoms with E-state index in [1.54, 1.807) is 6.20 Å². The van der Waals surface area contributed by atoms with Crippen LogP contribution in [0.15, 0.2) is 34.9 Å². The molecule has 0 atom stereocenters. The Hall–Kier alpha value is -3.33. The summed E-state index contributed by atoms with van der Waals surface area (Å²) >= 11 is 0. The summed E-state index contributed by atoms with van der Waals surface area (Å²) in [5.41, 5.74) is 3.33. The third-order valence-electron chi connectivity index (χ3n) is 6.56. The molecule has 2 fully saturated rings. The number of rotatable bonds is 6. The van der Waals surface area contributed by atoms with E-state index in [9.17, 15) is 4.79 Å². The summed E-state index contributed by atoms with van der Waals surface area (Å²) in [6, 6.07) is 8.03. The first-order valence-corrected chi connectivity index (χ1v) is 11.5. The van der Waals surface area contributed by atoms with E-state index >= 15 is 0 Å². The molecule has 2 aromatic heterocycles. The van der Waals surface area contributed by atoms with Crippen LogP contribution in [0.4, 0.5) is 5.82 Å². The van der Waals surface area contributed by atoms with Crippen LogP contribution in [0.5, 0.6) is 0 Å². The van der Waals surface area contributed by atoms with Gasteiger partial charge in [0.1, 0.15) is 5.82 Å². The molecule has 1 aromatic carbocycles. The van der Waals surface area contributed by atoms with Crippen molar-refractivity contribution in [3.63, 3.8) is 0 Å². The molecule has 0 radical (unpaired) electrons. The van der Waals surface area contributed by atoms with E-state index in [4.69, 9.17) is 9.40 Å². The molecule has 1 spiro atoms. The molecule has 172 valence electrons. The smallest absolute Gasteiger partial charge is 0.268 e. The van der Waals surface area contributed by atoms with Gasteiger partial charge in [0.2, 0.25) is 11.8 Å². The average Bonchev–Trinajstić information content (AvgIpc) is 3.41. The Labute approximate surface area is 193 Å². The van der Waals surface area contributed by atoms with Crippen LogP contribution in [0, 0.1) is 6.92 Å². The molecule has 1 saturated heterocycles. The highest BCUT2D eigenvalue weighted by Crippen LogP contribution is 2.45. The van der Waals surface area contributed by atoms with Crippen LogP contribution in [0.3, 0.4) is 0 Å². The third-order valence-corrected chi connectivity index (χ3v) is 6.56. The Morgan fingerprint density at radius 3 is 2.61 bits per heavy atom. The fourth-order valence-corrected chi connectivity index (χ4v) is 4.53. The number of amides is 1. The van der Waals surface area contributed by atoms with Gasteiger partial charge in [0, 0.05) is 38.2 Å². The molecule has 1 aliphatic carbocycles. The zero-order chi connectivity index (χ0) is 23.0. The number of hydrogen-bond acceptors (Lipinski definition) is 8. The van der Waals surface area contributed by atoms with E-state index in [-0.39, 0.29) is 11.4 Å².